The number of para-hydroxylation sites is 1. The van der Waals surface area contributed by atoms with Crippen LogP contribution in [0.5, 0.6) is 5.75 Å². The molecule has 0 aliphatic carbocycles. The minimum absolute atomic E-state index is 0.206. The Bertz CT molecular complexity index is 489. The second-order valence-electron chi connectivity index (χ2n) is 6.92. The molecule has 124 valence electrons. The summed E-state index contributed by atoms with van der Waals surface area (Å²) in [6.45, 7) is 13.4. The number of hydrogen-bond acceptors (Lipinski definition) is 2. The van der Waals surface area contributed by atoms with Crippen molar-refractivity contribution in [3.8, 4) is 5.75 Å². The highest BCUT2D eigenvalue weighted by Crippen LogP contribution is 2.22. The first-order valence-corrected chi connectivity index (χ1v) is 7.97. The Morgan fingerprint density at radius 3 is 2.36 bits per heavy atom. The molecule has 4 heteroatoms. The van der Waals surface area contributed by atoms with Gasteiger partial charge in [-0.15, -0.1) is 0 Å². The Labute approximate surface area is 135 Å². The summed E-state index contributed by atoms with van der Waals surface area (Å²) < 4.78 is 6.02. The van der Waals surface area contributed by atoms with Crippen LogP contribution >= 0.6 is 0 Å². The summed E-state index contributed by atoms with van der Waals surface area (Å²) in [6.07, 6.45) is 0. The Hall–Kier alpha value is -1.71. The number of rotatable bonds is 5. The maximum atomic E-state index is 6.02. The lowest BCUT2D eigenvalue weighted by Gasteiger charge is -2.24. The standard InChI is InChI=1S/C18H31N3O/c1-13(2)14(3)21-17(19-7)20-12-15-10-8-9-11-16(15)22-18(4,5)6/h8-11,13-14H,12H2,1-7H3,(H2,19,20,21). The highest BCUT2D eigenvalue weighted by molar-refractivity contribution is 5.80. The molecule has 22 heavy (non-hydrogen) atoms. The molecule has 0 saturated heterocycles. The molecule has 1 rings (SSSR count). The Balaban J connectivity index is 2.71. The molecule has 0 spiro atoms. The van der Waals surface area contributed by atoms with Gasteiger partial charge in [0.05, 0.1) is 0 Å². The number of ether oxygens (including phenoxy) is 1. The first-order valence-electron chi connectivity index (χ1n) is 7.97. The summed E-state index contributed by atoms with van der Waals surface area (Å²) in [6, 6.07) is 8.48. The summed E-state index contributed by atoms with van der Waals surface area (Å²) in [4.78, 5) is 4.28. The maximum Gasteiger partial charge on any atom is 0.191 e. The molecule has 1 atom stereocenters. The van der Waals surface area contributed by atoms with Gasteiger partial charge in [-0.25, -0.2) is 0 Å². The van der Waals surface area contributed by atoms with Crippen LogP contribution in [-0.2, 0) is 6.54 Å². The molecule has 0 amide bonds. The van der Waals surface area contributed by atoms with Crippen LogP contribution in [0.3, 0.4) is 0 Å². The molecule has 0 aliphatic heterocycles. The van der Waals surface area contributed by atoms with Gasteiger partial charge in [-0.3, -0.25) is 4.99 Å². The van der Waals surface area contributed by atoms with Gasteiger partial charge in [-0.1, -0.05) is 32.0 Å². The minimum atomic E-state index is -0.206. The molecule has 0 aliphatic rings. The Morgan fingerprint density at radius 2 is 1.82 bits per heavy atom. The van der Waals surface area contributed by atoms with Crippen LogP contribution < -0.4 is 15.4 Å². The van der Waals surface area contributed by atoms with E-state index in [2.05, 4.69) is 63.2 Å². The topological polar surface area (TPSA) is 45.7 Å². The van der Waals surface area contributed by atoms with Crippen LogP contribution in [0.1, 0.15) is 47.1 Å². The molecular weight excluding hydrogens is 274 g/mol. The minimum Gasteiger partial charge on any atom is -0.488 e. The lowest BCUT2D eigenvalue weighted by atomic mass is 10.1. The van der Waals surface area contributed by atoms with E-state index in [0.717, 1.165) is 17.3 Å². The second-order valence-corrected chi connectivity index (χ2v) is 6.92. The molecular formula is C18H31N3O. The molecule has 0 aromatic heterocycles. The van der Waals surface area contributed by atoms with Gasteiger partial charge in [0.15, 0.2) is 5.96 Å². The fourth-order valence-corrected chi connectivity index (χ4v) is 1.84. The van der Waals surface area contributed by atoms with Gasteiger partial charge in [-0.2, -0.15) is 0 Å². The predicted octanol–water partition coefficient (Wildman–Crippen LogP) is 3.57. The third kappa shape index (κ3) is 6.37. The highest BCUT2D eigenvalue weighted by Gasteiger charge is 2.15. The van der Waals surface area contributed by atoms with Gasteiger partial charge < -0.3 is 15.4 Å². The number of hydrogen-bond donors (Lipinski definition) is 2. The van der Waals surface area contributed by atoms with Crippen LogP contribution in [-0.4, -0.2) is 24.7 Å². The summed E-state index contributed by atoms with van der Waals surface area (Å²) >= 11 is 0. The fourth-order valence-electron chi connectivity index (χ4n) is 1.84. The average molecular weight is 305 g/mol. The predicted molar refractivity (Wildman–Crippen MR) is 94.5 cm³/mol. The van der Waals surface area contributed by atoms with Crippen molar-refractivity contribution in [2.75, 3.05) is 7.05 Å². The molecule has 0 heterocycles. The van der Waals surface area contributed by atoms with Crippen LogP contribution in [0, 0.1) is 5.92 Å². The number of nitrogens with zero attached hydrogens (tertiary/aromatic N) is 1. The van der Waals surface area contributed by atoms with E-state index in [4.69, 9.17) is 4.74 Å². The number of nitrogens with one attached hydrogen (secondary N) is 2. The van der Waals surface area contributed by atoms with Crippen molar-refractivity contribution in [2.24, 2.45) is 10.9 Å². The monoisotopic (exact) mass is 305 g/mol. The zero-order chi connectivity index (χ0) is 16.8. The molecule has 1 aromatic carbocycles. The largest absolute Gasteiger partial charge is 0.488 e. The molecule has 4 nitrogen and oxygen atoms in total. The van der Waals surface area contributed by atoms with E-state index in [1.54, 1.807) is 7.05 Å². The van der Waals surface area contributed by atoms with Gasteiger partial charge >= 0.3 is 0 Å². The molecule has 1 aromatic rings. The average Bonchev–Trinajstić information content (AvgIpc) is 2.42. The number of benzene rings is 1. The Morgan fingerprint density at radius 1 is 1.18 bits per heavy atom. The van der Waals surface area contributed by atoms with E-state index >= 15 is 0 Å². The lowest BCUT2D eigenvalue weighted by Crippen LogP contribution is -2.43. The summed E-state index contributed by atoms with van der Waals surface area (Å²) in [5, 5.41) is 6.76. The smallest absolute Gasteiger partial charge is 0.191 e. The normalized spacial score (nSPS) is 13.9. The van der Waals surface area contributed by atoms with Gasteiger partial charge in [0, 0.05) is 25.2 Å². The van der Waals surface area contributed by atoms with Crippen LogP contribution in [0.25, 0.3) is 0 Å². The number of guanidine groups is 1. The van der Waals surface area contributed by atoms with Crippen molar-refractivity contribution in [1.82, 2.24) is 10.6 Å². The van der Waals surface area contributed by atoms with Crippen LogP contribution in [0.15, 0.2) is 29.3 Å². The van der Waals surface area contributed by atoms with Crippen molar-refractivity contribution in [1.29, 1.82) is 0 Å². The summed E-state index contributed by atoms with van der Waals surface area (Å²) in [7, 11) is 1.79. The summed E-state index contributed by atoms with van der Waals surface area (Å²) in [5.41, 5.74) is 0.917. The van der Waals surface area contributed by atoms with Crippen LogP contribution in [0.4, 0.5) is 0 Å². The van der Waals surface area contributed by atoms with E-state index in [1.165, 1.54) is 0 Å². The van der Waals surface area contributed by atoms with Gasteiger partial charge in [-0.05, 0) is 39.7 Å². The third-order valence-electron chi connectivity index (χ3n) is 3.42. The van der Waals surface area contributed by atoms with E-state index in [0.29, 0.717) is 18.5 Å². The van der Waals surface area contributed by atoms with E-state index < -0.39 is 0 Å². The quantitative estimate of drug-likeness (QED) is 0.646. The van der Waals surface area contributed by atoms with Crippen molar-refractivity contribution in [2.45, 2.75) is 59.7 Å². The lowest BCUT2D eigenvalue weighted by molar-refractivity contribution is 0.129. The third-order valence-corrected chi connectivity index (χ3v) is 3.42. The maximum absolute atomic E-state index is 6.02. The van der Waals surface area contributed by atoms with Crippen molar-refractivity contribution < 1.29 is 4.74 Å². The molecule has 0 bridgehead atoms. The van der Waals surface area contributed by atoms with Crippen molar-refractivity contribution in [3.05, 3.63) is 29.8 Å². The zero-order valence-corrected chi connectivity index (χ0v) is 15.0. The highest BCUT2D eigenvalue weighted by atomic mass is 16.5. The van der Waals surface area contributed by atoms with E-state index in [9.17, 15) is 0 Å². The van der Waals surface area contributed by atoms with Gasteiger partial charge in [0.2, 0.25) is 0 Å². The van der Waals surface area contributed by atoms with E-state index in [-0.39, 0.29) is 5.60 Å². The number of aliphatic imine (C=N–C) groups is 1. The Kier molecular flexibility index (Phi) is 6.72. The molecule has 2 N–H and O–H groups in total. The molecule has 0 saturated carbocycles. The first-order chi connectivity index (χ1) is 10.2. The van der Waals surface area contributed by atoms with Crippen molar-refractivity contribution in [3.63, 3.8) is 0 Å². The van der Waals surface area contributed by atoms with E-state index in [1.807, 2.05) is 18.2 Å². The molecule has 0 radical (unpaired) electrons. The molecule has 1 unspecified atom stereocenters. The second kappa shape index (κ2) is 8.06. The van der Waals surface area contributed by atoms with Gasteiger partial charge in [0.1, 0.15) is 11.4 Å². The zero-order valence-electron chi connectivity index (χ0n) is 15.0. The van der Waals surface area contributed by atoms with Crippen LogP contribution in [0.2, 0.25) is 0 Å². The summed E-state index contributed by atoms with van der Waals surface area (Å²) in [5.74, 6) is 2.27. The van der Waals surface area contributed by atoms with Gasteiger partial charge in [0.25, 0.3) is 0 Å². The first kappa shape index (κ1) is 18.3. The van der Waals surface area contributed by atoms with Crippen molar-refractivity contribution >= 4 is 5.96 Å². The SMILES string of the molecule is CN=C(NCc1ccccc1OC(C)(C)C)NC(C)C(C)C. The molecule has 0 fully saturated rings. The fraction of sp³-hybridized carbons (Fsp3) is 0.611.